The first kappa shape index (κ1) is 27.0. The van der Waals surface area contributed by atoms with Crippen LogP contribution >= 0.6 is 35.8 Å². The lowest BCUT2D eigenvalue weighted by molar-refractivity contribution is -0.129. The number of aromatic carboxylic acids is 1. The van der Waals surface area contributed by atoms with Crippen molar-refractivity contribution in [2.75, 3.05) is 11.4 Å². The molecule has 2 aromatic carbocycles. The maximum Gasteiger partial charge on any atom is 0.337 e. The molecule has 1 N–H and O–H groups in total. The van der Waals surface area contributed by atoms with Crippen molar-refractivity contribution in [1.29, 1.82) is 0 Å². The molecule has 0 heterocycles. The van der Waals surface area contributed by atoms with Crippen molar-refractivity contribution < 1.29 is 18.7 Å². The van der Waals surface area contributed by atoms with Crippen molar-refractivity contribution >= 4 is 47.5 Å². The minimum atomic E-state index is -2.57. The van der Waals surface area contributed by atoms with E-state index in [1.165, 1.54) is 12.1 Å². The number of hydrogen-bond acceptors (Lipinski definition) is 3. The maximum absolute atomic E-state index is 13.7. The van der Waals surface area contributed by atoms with E-state index in [0.29, 0.717) is 27.6 Å². The maximum atomic E-state index is 13.7. The Hall–Kier alpha value is -2.02. The van der Waals surface area contributed by atoms with E-state index >= 15 is 0 Å². The van der Waals surface area contributed by atoms with E-state index in [2.05, 4.69) is 30.9 Å². The Balaban J connectivity index is 1.71. The second-order valence-electron chi connectivity index (χ2n) is 10.0. The van der Waals surface area contributed by atoms with Crippen molar-refractivity contribution in [3.63, 3.8) is 0 Å². The van der Waals surface area contributed by atoms with Gasteiger partial charge in [-0.25, -0.2) is 13.6 Å². The second-order valence-corrected chi connectivity index (χ2v) is 11.3. The quantitative estimate of drug-likeness (QED) is 0.322. The molecule has 0 spiro atoms. The molecule has 0 amide bonds. The molecule has 2 atom stereocenters. The second kappa shape index (κ2) is 10.8. The van der Waals surface area contributed by atoms with Crippen LogP contribution < -0.4 is 4.90 Å². The molecular formula is C28H29Cl2F2NO2S. The molecule has 0 aliphatic heterocycles. The third-order valence-corrected chi connectivity index (χ3v) is 8.23. The number of alkyl halides is 2. The molecule has 2 aromatic rings. The van der Waals surface area contributed by atoms with Crippen LogP contribution in [0.15, 0.2) is 59.5 Å². The number of carboxylic acid groups (broad SMARTS) is 1. The highest BCUT2D eigenvalue weighted by atomic mass is 35.5. The van der Waals surface area contributed by atoms with Gasteiger partial charge in [-0.3, -0.25) is 0 Å². The van der Waals surface area contributed by atoms with Crippen LogP contribution in [0, 0.1) is 17.8 Å². The first-order valence-electron chi connectivity index (χ1n) is 12.0. The van der Waals surface area contributed by atoms with Crippen LogP contribution in [0.25, 0.3) is 11.1 Å². The Morgan fingerprint density at radius 1 is 1.17 bits per heavy atom. The highest BCUT2D eigenvalue weighted by Crippen LogP contribution is 2.49. The summed E-state index contributed by atoms with van der Waals surface area (Å²) in [5, 5.41) is 10.0. The molecule has 192 valence electrons. The van der Waals surface area contributed by atoms with E-state index in [1.807, 2.05) is 24.3 Å². The minimum absolute atomic E-state index is 0.00661. The van der Waals surface area contributed by atoms with Gasteiger partial charge in [0.15, 0.2) is 0 Å². The van der Waals surface area contributed by atoms with E-state index in [-0.39, 0.29) is 47.2 Å². The fourth-order valence-electron chi connectivity index (χ4n) is 5.21. The van der Waals surface area contributed by atoms with Gasteiger partial charge in [-0.2, -0.15) is 0 Å². The lowest BCUT2D eigenvalue weighted by atomic mass is 9.69. The van der Waals surface area contributed by atoms with Gasteiger partial charge >= 0.3 is 5.97 Å². The van der Waals surface area contributed by atoms with E-state index < -0.39 is 11.9 Å². The summed E-state index contributed by atoms with van der Waals surface area (Å²) in [5.41, 5.74) is 2.07. The predicted octanol–water partition coefficient (Wildman–Crippen LogP) is 8.66. The van der Waals surface area contributed by atoms with E-state index in [1.54, 1.807) is 6.07 Å². The number of hydrogen-bond donors (Lipinski definition) is 2. The third kappa shape index (κ3) is 5.76. The van der Waals surface area contributed by atoms with Gasteiger partial charge in [0.05, 0.1) is 27.3 Å². The summed E-state index contributed by atoms with van der Waals surface area (Å²) in [6.45, 7) is 4.79. The van der Waals surface area contributed by atoms with Crippen LogP contribution in [0.4, 0.5) is 14.5 Å². The summed E-state index contributed by atoms with van der Waals surface area (Å²) in [6, 6.07) is 8.46. The Morgan fingerprint density at radius 2 is 1.89 bits per heavy atom. The predicted molar refractivity (Wildman–Crippen MR) is 146 cm³/mol. The van der Waals surface area contributed by atoms with Crippen LogP contribution in [-0.2, 0) is 0 Å². The number of allylic oxidation sites excluding steroid dienone is 2. The van der Waals surface area contributed by atoms with Crippen molar-refractivity contribution in [2.24, 2.45) is 17.8 Å². The molecule has 36 heavy (non-hydrogen) atoms. The molecule has 8 heteroatoms. The molecule has 4 rings (SSSR count). The average Bonchev–Trinajstić information content (AvgIpc) is 2.80. The third-order valence-electron chi connectivity index (χ3n) is 7.23. The first-order valence-corrected chi connectivity index (χ1v) is 13.2. The van der Waals surface area contributed by atoms with Crippen LogP contribution in [0.3, 0.4) is 0 Å². The minimum Gasteiger partial charge on any atom is -0.478 e. The normalized spacial score (nSPS) is 19.8. The number of anilines is 1. The molecule has 1 unspecified atom stereocenters. The Labute approximate surface area is 226 Å². The van der Waals surface area contributed by atoms with Gasteiger partial charge < -0.3 is 10.0 Å². The lowest BCUT2D eigenvalue weighted by Crippen LogP contribution is -2.47. The first-order chi connectivity index (χ1) is 17.0. The number of benzene rings is 2. The summed E-state index contributed by atoms with van der Waals surface area (Å²) in [5.74, 6) is -3.40. The molecule has 2 aliphatic rings. The van der Waals surface area contributed by atoms with E-state index in [4.69, 9.17) is 35.8 Å². The molecule has 2 aliphatic carbocycles. The summed E-state index contributed by atoms with van der Waals surface area (Å²) < 4.78 is 27.5. The van der Waals surface area contributed by atoms with E-state index in [9.17, 15) is 18.7 Å². The zero-order valence-electron chi connectivity index (χ0n) is 20.1. The number of rotatable bonds is 8. The number of carboxylic acids is 1. The van der Waals surface area contributed by atoms with Crippen molar-refractivity contribution in [3.8, 4) is 11.1 Å². The zero-order chi connectivity index (χ0) is 26.2. The molecular weight excluding hydrogens is 523 g/mol. The standard InChI is InChI=1S/C28H29Cl2F2NO2S/c1-16(2)22(18-13-28(31,32)14-18)15-33(19-6-4-3-5-7-19)25-12-24(30)20(11-26(25)36)17-8-9-23(29)21(10-17)27(34)35/h3-6,8-12,16,18-19,22,36H,7,13-15H2,1-2H3,(H,34,35)/t19?,22-/m1/s1. The molecule has 3 nitrogen and oxygen atoms in total. The fraction of sp³-hybridized carbons (Fsp3) is 0.393. The fourth-order valence-corrected chi connectivity index (χ4v) is 6.00. The van der Waals surface area contributed by atoms with Gasteiger partial charge in [0, 0.05) is 29.8 Å². The lowest BCUT2D eigenvalue weighted by Gasteiger charge is -2.45. The van der Waals surface area contributed by atoms with Crippen molar-refractivity contribution in [3.05, 3.63) is 70.2 Å². The van der Waals surface area contributed by atoms with Gasteiger partial charge in [0.2, 0.25) is 5.92 Å². The number of halogens is 4. The Morgan fingerprint density at radius 3 is 2.47 bits per heavy atom. The van der Waals surface area contributed by atoms with Gasteiger partial charge in [0.25, 0.3) is 0 Å². The SMILES string of the molecule is CC(C)[C@@H](CN(c1cc(Cl)c(-c2ccc(Cl)c(C(=O)O)c2)cc1S)C1C=CC=CC1)C1CC(F)(F)C1. The molecule has 0 aromatic heterocycles. The molecule has 0 radical (unpaired) electrons. The Kier molecular flexibility index (Phi) is 8.08. The largest absolute Gasteiger partial charge is 0.478 e. The molecule has 1 fully saturated rings. The summed E-state index contributed by atoms with van der Waals surface area (Å²) in [4.78, 5) is 14.5. The van der Waals surface area contributed by atoms with Crippen molar-refractivity contribution in [2.45, 2.75) is 50.0 Å². The van der Waals surface area contributed by atoms with Crippen LogP contribution in [0.2, 0.25) is 10.0 Å². The smallest absolute Gasteiger partial charge is 0.337 e. The van der Waals surface area contributed by atoms with Crippen LogP contribution in [0.5, 0.6) is 0 Å². The van der Waals surface area contributed by atoms with Crippen LogP contribution in [0.1, 0.15) is 43.5 Å². The average molecular weight is 553 g/mol. The highest BCUT2D eigenvalue weighted by Gasteiger charge is 2.49. The zero-order valence-corrected chi connectivity index (χ0v) is 22.5. The highest BCUT2D eigenvalue weighted by molar-refractivity contribution is 7.80. The van der Waals surface area contributed by atoms with E-state index in [0.717, 1.165) is 12.1 Å². The van der Waals surface area contributed by atoms with Crippen LogP contribution in [-0.4, -0.2) is 29.6 Å². The Bertz CT molecular complexity index is 1210. The van der Waals surface area contributed by atoms with Gasteiger partial charge in [-0.1, -0.05) is 67.4 Å². The van der Waals surface area contributed by atoms with Gasteiger partial charge in [-0.15, -0.1) is 12.6 Å². The van der Waals surface area contributed by atoms with Gasteiger partial charge in [-0.05, 0) is 54.0 Å². The number of nitrogens with zero attached hydrogens (tertiary/aromatic N) is 1. The number of thiol groups is 1. The summed E-state index contributed by atoms with van der Waals surface area (Å²) in [7, 11) is 0. The molecule has 1 saturated carbocycles. The monoisotopic (exact) mass is 551 g/mol. The molecule has 0 bridgehead atoms. The number of carbonyl (C=O) groups is 1. The topological polar surface area (TPSA) is 40.5 Å². The summed E-state index contributed by atoms with van der Waals surface area (Å²) >= 11 is 17.6. The molecule has 0 saturated heterocycles. The van der Waals surface area contributed by atoms with Crippen molar-refractivity contribution in [1.82, 2.24) is 0 Å². The van der Waals surface area contributed by atoms with Gasteiger partial charge in [0.1, 0.15) is 0 Å². The summed E-state index contributed by atoms with van der Waals surface area (Å²) in [6.07, 6.45) is 8.85.